The number of Topliss-reactive ketones (excluding diaryl/α,β-unsaturated/α-hetero) is 1. The Kier molecular flexibility index (Phi) is 5.07. The molecule has 1 aromatic carbocycles. The molecule has 0 radical (unpaired) electrons. The number of nitrogens with zero attached hydrogens (tertiary/aromatic N) is 1. The first-order chi connectivity index (χ1) is 12.1. The van der Waals surface area contributed by atoms with Crippen LogP contribution < -0.4 is 5.32 Å². The number of para-hydroxylation sites is 1. The quantitative estimate of drug-likeness (QED) is 0.863. The number of ketones is 1. The largest absolute Gasteiger partial charge is 0.467 e. The molecule has 1 heterocycles. The molecule has 1 amide bonds. The Labute approximate surface area is 145 Å². The van der Waals surface area contributed by atoms with E-state index in [2.05, 4.69) is 10.3 Å². The van der Waals surface area contributed by atoms with Crippen molar-refractivity contribution in [2.75, 3.05) is 7.11 Å². The summed E-state index contributed by atoms with van der Waals surface area (Å²) in [5.74, 6) is -1.04. The molecule has 0 bridgehead atoms. The predicted molar refractivity (Wildman–Crippen MR) is 92.0 cm³/mol. The zero-order valence-electron chi connectivity index (χ0n) is 14.0. The van der Waals surface area contributed by atoms with Crippen LogP contribution in [-0.4, -0.2) is 35.8 Å². The van der Waals surface area contributed by atoms with Crippen molar-refractivity contribution >= 4 is 28.6 Å². The van der Waals surface area contributed by atoms with Gasteiger partial charge in [0.15, 0.2) is 0 Å². The van der Waals surface area contributed by atoms with E-state index in [1.807, 2.05) is 12.1 Å². The third-order valence-corrected chi connectivity index (χ3v) is 4.61. The molecular weight excluding hydrogens is 320 g/mol. The maximum atomic E-state index is 12.8. The highest BCUT2D eigenvalue weighted by Crippen LogP contribution is 2.26. The highest BCUT2D eigenvalue weighted by atomic mass is 16.5. The van der Waals surface area contributed by atoms with E-state index in [4.69, 9.17) is 4.74 Å². The summed E-state index contributed by atoms with van der Waals surface area (Å²) in [6.07, 6.45) is 3.87. The standard InChI is InChI=1S/C19H20N2O4/c1-25-19(24)17(13-6-2-8-14(22)11-13)21-18(23)15-9-3-5-12-7-4-10-20-16(12)15/h3-5,7,9-10,13,17H,2,6,8,11H2,1H3,(H,21,23)/t13-,17+/m1/s1. The SMILES string of the molecule is COC(=O)[C@@H](NC(=O)c1cccc2cccnc12)[C@@H]1CCCC(=O)C1. The Morgan fingerprint density at radius 3 is 2.84 bits per heavy atom. The highest BCUT2D eigenvalue weighted by molar-refractivity contribution is 6.06. The van der Waals surface area contributed by atoms with Crippen LogP contribution in [-0.2, 0) is 14.3 Å². The number of carbonyl (C=O) groups is 3. The van der Waals surface area contributed by atoms with Crippen molar-refractivity contribution in [3.8, 4) is 0 Å². The average Bonchev–Trinajstić information content (AvgIpc) is 2.64. The number of hydrogen-bond donors (Lipinski definition) is 1. The molecule has 1 fully saturated rings. The molecule has 1 N–H and O–H groups in total. The van der Waals surface area contributed by atoms with Gasteiger partial charge in [0.1, 0.15) is 11.8 Å². The third kappa shape index (κ3) is 3.68. The fourth-order valence-corrected chi connectivity index (χ4v) is 3.35. The van der Waals surface area contributed by atoms with Gasteiger partial charge in [-0.05, 0) is 30.9 Å². The Bertz CT molecular complexity index is 813. The summed E-state index contributed by atoms with van der Waals surface area (Å²) in [5.41, 5.74) is 0.972. The van der Waals surface area contributed by atoms with Gasteiger partial charge in [-0.3, -0.25) is 14.6 Å². The summed E-state index contributed by atoms with van der Waals surface area (Å²) in [7, 11) is 1.28. The van der Waals surface area contributed by atoms with Gasteiger partial charge in [0.2, 0.25) is 0 Å². The molecule has 1 aliphatic rings. The van der Waals surface area contributed by atoms with Crippen molar-refractivity contribution in [1.82, 2.24) is 10.3 Å². The summed E-state index contributed by atoms with van der Waals surface area (Å²) in [5, 5.41) is 3.61. The Morgan fingerprint density at radius 1 is 1.28 bits per heavy atom. The first-order valence-corrected chi connectivity index (χ1v) is 8.34. The van der Waals surface area contributed by atoms with E-state index in [1.165, 1.54) is 7.11 Å². The van der Waals surface area contributed by atoms with Gasteiger partial charge in [-0.2, -0.15) is 0 Å². The van der Waals surface area contributed by atoms with Gasteiger partial charge in [0, 0.05) is 24.4 Å². The summed E-state index contributed by atoms with van der Waals surface area (Å²) in [6, 6.07) is 8.16. The second-order valence-electron chi connectivity index (χ2n) is 6.25. The van der Waals surface area contributed by atoms with Crippen LogP contribution in [0, 0.1) is 5.92 Å². The van der Waals surface area contributed by atoms with Crippen LogP contribution in [0.3, 0.4) is 0 Å². The van der Waals surface area contributed by atoms with Crippen molar-refractivity contribution in [3.05, 3.63) is 42.1 Å². The molecule has 2 aromatic rings. The van der Waals surface area contributed by atoms with Crippen molar-refractivity contribution in [1.29, 1.82) is 0 Å². The lowest BCUT2D eigenvalue weighted by Gasteiger charge is -2.28. The van der Waals surface area contributed by atoms with Gasteiger partial charge in [0.25, 0.3) is 5.91 Å². The Balaban J connectivity index is 1.87. The second kappa shape index (κ2) is 7.42. The minimum Gasteiger partial charge on any atom is -0.467 e. The minimum atomic E-state index is -0.833. The van der Waals surface area contributed by atoms with E-state index in [0.29, 0.717) is 23.9 Å². The molecular formula is C19H20N2O4. The van der Waals surface area contributed by atoms with Crippen LogP contribution in [0.4, 0.5) is 0 Å². The molecule has 25 heavy (non-hydrogen) atoms. The number of aromatic nitrogens is 1. The summed E-state index contributed by atoms with van der Waals surface area (Å²) >= 11 is 0. The topological polar surface area (TPSA) is 85.4 Å². The van der Waals surface area contributed by atoms with Crippen molar-refractivity contribution in [3.63, 3.8) is 0 Å². The molecule has 6 heteroatoms. The van der Waals surface area contributed by atoms with E-state index in [0.717, 1.165) is 11.8 Å². The van der Waals surface area contributed by atoms with Gasteiger partial charge in [-0.25, -0.2) is 4.79 Å². The normalized spacial score (nSPS) is 18.6. The number of rotatable bonds is 4. The molecule has 0 spiro atoms. The number of benzene rings is 1. The number of nitrogens with one attached hydrogen (secondary N) is 1. The van der Waals surface area contributed by atoms with Crippen LogP contribution in [0.25, 0.3) is 10.9 Å². The molecule has 6 nitrogen and oxygen atoms in total. The van der Waals surface area contributed by atoms with Gasteiger partial charge < -0.3 is 10.1 Å². The van der Waals surface area contributed by atoms with Gasteiger partial charge in [-0.1, -0.05) is 18.2 Å². The lowest BCUT2D eigenvalue weighted by molar-refractivity contribution is -0.145. The van der Waals surface area contributed by atoms with Gasteiger partial charge in [-0.15, -0.1) is 0 Å². The molecule has 1 aromatic heterocycles. The van der Waals surface area contributed by atoms with Gasteiger partial charge >= 0.3 is 5.97 Å². The number of hydrogen-bond acceptors (Lipinski definition) is 5. The predicted octanol–water partition coefficient (Wildman–Crippen LogP) is 2.27. The summed E-state index contributed by atoms with van der Waals surface area (Å²) in [4.78, 5) is 41.0. The molecule has 1 saturated carbocycles. The molecule has 0 aliphatic heterocycles. The number of pyridine rings is 1. The monoisotopic (exact) mass is 340 g/mol. The fraction of sp³-hybridized carbons (Fsp3) is 0.368. The van der Waals surface area contributed by atoms with Crippen LogP contribution in [0.2, 0.25) is 0 Å². The Hall–Kier alpha value is -2.76. The third-order valence-electron chi connectivity index (χ3n) is 4.61. The number of fused-ring (bicyclic) bond motifs is 1. The van der Waals surface area contributed by atoms with Crippen LogP contribution in [0.1, 0.15) is 36.0 Å². The number of esters is 1. The first kappa shape index (κ1) is 17.1. The van der Waals surface area contributed by atoms with Crippen molar-refractivity contribution in [2.45, 2.75) is 31.7 Å². The maximum absolute atomic E-state index is 12.8. The molecule has 0 saturated heterocycles. The van der Waals surface area contributed by atoms with E-state index in [9.17, 15) is 14.4 Å². The molecule has 3 rings (SSSR count). The highest BCUT2D eigenvalue weighted by Gasteiger charge is 2.34. The van der Waals surface area contributed by atoms with E-state index in [-0.39, 0.29) is 18.1 Å². The van der Waals surface area contributed by atoms with Crippen LogP contribution in [0.5, 0.6) is 0 Å². The zero-order valence-corrected chi connectivity index (χ0v) is 14.0. The van der Waals surface area contributed by atoms with Crippen LogP contribution in [0.15, 0.2) is 36.5 Å². The number of carbonyl (C=O) groups excluding carboxylic acids is 3. The summed E-state index contributed by atoms with van der Waals surface area (Å²) in [6.45, 7) is 0. The van der Waals surface area contributed by atoms with Crippen LogP contribution >= 0.6 is 0 Å². The molecule has 1 aliphatic carbocycles. The zero-order chi connectivity index (χ0) is 17.8. The first-order valence-electron chi connectivity index (χ1n) is 8.34. The van der Waals surface area contributed by atoms with Crippen molar-refractivity contribution < 1.29 is 19.1 Å². The molecule has 130 valence electrons. The fourth-order valence-electron chi connectivity index (χ4n) is 3.35. The van der Waals surface area contributed by atoms with E-state index >= 15 is 0 Å². The summed E-state index contributed by atoms with van der Waals surface area (Å²) < 4.78 is 4.84. The average molecular weight is 340 g/mol. The number of amides is 1. The maximum Gasteiger partial charge on any atom is 0.328 e. The lowest BCUT2D eigenvalue weighted by Crippen LogP contribution is -2.48. The lowest BCUT2D eigenvalue weighted by atomic mass is 9.83. The second-order valence-corrected chi connectivity index (χ2v) is 6.25. The Morgan fingerprint density at radius 2 is 2.08 bits per heavy atom. The van der Waals surface area contributed by atoms with E-state index < -0.39 is 17.9 Å². The van der Waals surface area contributed by atoms with Crippen molar-refractivity contribution in [2.24, 2.45) is 5.92 Å². The smallest absolute Gasteiger partial charge is 0.328 e. The number of ether oxygens (including phenoxy) is 1. The molecule has 0 unspecified atom stereocenters. The van der Waals surface area contributed by atoms with Gasteiger partial charge in [0.05, 0.1) is 18.2 Å². The van der Waals surface area contributed by atoms with E-state index in [1.54, 1.807) is 24.4 Å². The number of methoxy groups -OCH3 is 1. The molecule has 2 atom stereocenters. The minimum absolute atomic E-state index is 0.117.